The van der Waals surface area contributed by atoms with Crippen LogP contribution in [0.3, 0.4) is 0 Å². The third-order valence-corrected chi connectivity index (χ3v) is 5.01. The molecule has 1 aliphatic rings. The monoisotopic (exact) mass is 394 g/mol. The normalized spacial score (nSPS) is 14.8. The number of nitrogens with zero attached hydrogens (tertiary/aromatic N) is 1. The van der Waals surface area contributed by atoms with Crippen LogP contribution < -0.4 is 5.32 Å². The number of anilines is 1. The third kappa shape index (κ3) is 5.02. The molecule has 0 saturated carbocycles. The molecular weight excluding hydrogens is 368 g/mol. The van der Waals surface area contributed by atoms with E-state index in [1.165, 1.54) is 6.92 Å². The van der Waals surface area contributed by atoms with Crippen molar-refractivity contribution >= 4 is 23.5 Å². The molecule has 1 aliphatic heterocycles. The number of piperidine rings is 1. The average Bonchev–Trinajstić information content (AvgIpc) is 2.74. The van der Waals surface area contributed by atoms with Crippen molar-refractivity contribution in [3.05, 3.63) is 65.2 Å². The lowest BCUT2D eigenvalue weighted by Crippen LogP contribution is -2.40. The van der Waals surface area contributed by atoms with Crippen LogP contribution in [0.4, 0.5) is 5.69 Å². The van der Waals surface area contributed by atoms with Gasteiger partial charge in [0.2, 0.25) is 12.0 Å². The fourth-order valence-electron chi connectivity index (χ4n) is 3.52. The maximum atomic E-state index is 13.2. The van der Waals surface area contributed by atoms with E-state index in [2.05, 4.69) is 5.32 Å². The Kier molecular flexibility index (Phi) is 6.65. The van der Waals surface area contributed by atoms with Crippen LogP contribution in [0.15, 0.2) is 48.5 Å². The molecule has 6 nitrogen and oxygen atoms in total. The van der Waals surface area contributed by atoms with Crippen molar-refractivity contribution < 1.29 is 19.1 Å². The smallest absolute Gasteiger partial charge is 0.341 e. The zero-order valence-corrected chi connectivity index (χ0v) is 16.8. The third-order valence-electron chi connectivity index (χ3n) is 5.01. The minimum atomic E-state index is -1.02. The van der Waals surface area contributed by atoms with E-state index in [4.69, 9.17) is 4.74 Å². The fourth-order valence-corrected chi connectivity index (χ4v) is 3.52. The minimum absolute atomic E-state index is 0.210. The first-order valence-electron chi connectivity index (χ1n) is 9.89. The topological polar surface area (TPSA) is 75.7 Å². The first-order valence-corrected chi connectivity index (χ1v) is 9.89. The summed E-state index contributed by atoms with van der Waals surface area (Å²) >= 11 is 0. The van der Waals surface area contributed by atoms with Crippen LogP contribution in [0.5, 0.6) is 0 Å². The highest BCUT2D eigenvalue weighted by Crippen LogP contribution is 2.27. The summed E-state index contributed by atoms with van der Waals surface area (Å²) < 4.78 is 5.73. The molecule has 0 spiro atoms. The van der Waals surface area contributed by atoms with Crippen LogP contribution in [0.2, 0.25) is 0 Å². The van der Waals surface area contributed by atoms with Crippen LogP contribution >= 0.6 is 0 Å². The summed E-state index contributed by atoms with van der Waals surface area (Å²) in [7, 11) is 0. The van der Waals surface area contributed by atoms with Crippen LogP contribution in [0.1, 0.15) is 53.8 Å². The zero-order valence-electron chi connectivity index (χ0n) is 16.8. The molecule has 1 fully saturated rings. The highest BCUT2D eigenvalue weighted by atomic mass is 16.5. The van der Waals surface area contributed by atoms with Gasteiger partial charge in [0.1, 0.15) is 0 Å². The number of para-hydroxylation sites is 1. The molecular formula is C23H26N2O4. The molecule has 1 atom stereocenters. The van der Waals surface area contributed by atoms with Crippen molar-refractivity contribution in [1.82, 2.24) is 4.90 Å². The molecule has 0 aromatic heterocycles. The number of carbonyl (C=O) groups excluding carboxylic acids is 3. The van der Waals surface area contributed by atoms with Crippen molar-refractivity contribution in [2.75, 3.05) is 18.4 Å². The van der Waals surface area contributed by atoms with Crippen molar-refractivity contribution in [3.63, 3.8) is 0 Å². The highest BCUT2D eigenvalue weighted by Gasteiger charge is 2.31. The number of ether oxygens (including phenoxy) is 1. The van der Waals surface area contributed by atoms with E-state index in [-0.39, 0.29) is 17.4 Å². The number of nitrogens with one attached hydrogen (secondary N) is 1. The Morgan fingerprint density at radius 2 is 1.66 bits per heavy atom. The number of amides is 2. The van der Waals surface area contributed by atoms with Gasteiger partial charge in [0, 0.05) is 25.6 Å². The van der Waals surface area contributed by atoms with Crippen LogP contribution in [-0.2, 0) is 14.3 Å². The van der Waals surface area contributed by atoms with E-state index >= 15 is 0 Å². The summed E-state index contributed by atoms with van der Waals surface area (Å²) in [6.45, 7) is 4.52. The van der Waals surface area contributed by atoms with Gasteiger partial charge in [-0.3, -0.25) is 9.59 Å². The van der Waals surface area contributed by atoms with E-state index in [1.807, 2.05) is 18.2 Å². The quantitative estimate of drug-likeness (QED) is 0.782. The van der Waals surface area contributed by atoms with Crippen molar-refractivity contribution in [3.8, 4) is 0 Å². The minimum Gasteiger partial charge on any atom is -0.444 e. The van der Waals surface area contributed by atoms with Crippen molar-refractivity contribution in [2.24, 2.45) is 0 Å². The molecule has 1 saturated heterocycles. The van der Waals surface area contributed by atoms with Gasteiger partial charge in [-0.25, -0.2) is 4.79 Å². The van der Waals surface area contributed by atoms with Crippen LogP contribution in [-0.4, -0.2) is 35.8 Å². The second kappa shape index (κ2) is 9.37. The SMILES string of the molecule is CC(=O)Nc1c(C)cccc1C(=O)OC(C(=O)N1CCCCC1)c1ccccc1. The van der Waals surface area contributed by atoms with Gasteiger partial charge in [-0.15, -0.1) is 0 Å². The first-order chi connectivity index (χ1) is 14.0. The van der Waals surface area contributed by atoms with Gasteiger partial charge in [-0.1, -0.05) is 42.5 Å². The second-order valence-electron chi connectivity index (χ2n) is 7.26. The maximum absolute atomic E-state index is 13.2. The largest absolute Gasteiger partial charge is 0.444 e. The molecule has 0 aliphatic carbocycles. The Labute approximate surface area is 170 Å². The Bertz CT molecular complexity index is 889. The number of hydrogen-bond donors (Lipinski definition) is 1. The van der Waals surface area contributed by atoms with Gasteiger partial charge >= 0.3 is 5.97 Å². The number of aryl methyl sites for hydroxylation is 1. The predicted molar refractivity (Wildman–Crippen MR) is 111 cm³/mol. The first kappa shape index (κ1) is 20.6. The second-order valence-corrected chi connectivity index (χ2v) is 7.26. The van der Waals surface area contributed by atoms with Gasteiger partial charge in [0.05, 0.1) is 11.3 Å². The molecule has 1 N–H and O–H groups in total. The number of rotatable bonds is 5. The van der Waals surface area contributed by atoms with E-state index in [0.29, 0.717) is 24.3 Å². The average molecular weight is 394 g/mol. The molecule has 6 heteroatoms. The molecule has 3 rings (SSSR count). The summed E-state index contributed by atoms with van der Waals surface area (Å²) in [5.41, 5.74) is 2.01. The lowest BCUT2D eigenvalue weighted by molar-refractivity contribution is -0.142. The van der Waals surface area contributed by atoms with Gasteiger partial charge in [-0.05, 0) is 37.8 Å². The lowest BCUT2D eigenvalue weighted by atomic mass is 10.0. The summed E-state index contributed by atoms with van der Waals surface area (Å²) in [5.74, 6) is -1.13. The Morgan fingerprint density at radius 3 is 2.31 bits per heavy atom. The molecule has 1 heterocycles. The predicted octanol–water partition coefficient (Wildman–Crippen LogP) is 3.86. The molecule has 0 bridgehead atoms. The van der Waals surface area contributed by atoms with E-state index in [0.717, 1.165) is 24.8 Å². The molecule has 2 aromatic rings. The molecule has 2 aromatic carbocycles. The number of hydrogen-bond acceptors (Lipinski definition) is 4. The number of carbonyl (C=O) groups is 3. The molecule has 2 amide bonds. The molecule has 1 unspecified atom stereocenters. The fraction of sp³-hybridized carbons (Fsp3) is 0.348. The Balaban J connectivity index is 1.90. The zero-order chi connectivity index (χ0) is 20.8. The highest BCUT2D eigenvalue weighted by molar-refractivity contribution is 6.02. The standard InChI is InChI=1S/C23H26N2O4/c1-16-10-9-13-19(20(16)24-17(2)26)23(28)29-21(18-11-5-3-6-12-18)22(27)25-14-7-4-8-15-25/h3,5-6,9-13,21H,4,7-8,14-15H2,1-2H3,(H,24,26). The van der Waals surface area contributed by atoms with Gasteiger partial charge in [-0.2, -0.15) is 0 Å². The summed E-state index contributed by atoms with van der Waals surface area (Å²) in [4.78, 5) is 39.5. The lowest BCUT2D eigenvalue weighted by Gasteiger charge is -2.30. The maximum Gasteiger partial charge on any atom is 0.341 e. The Morgan fingerprint density at radius 1 is 0.966 bits per heavy atom. The van der Waals surface area contributed by atoms with E-state index in [1.54, 1.807) is 42.2 Å². The molecule has 152 valence electrons. The number of esters is 1. The van der Waals surface area contributed by atoms with Crippen molar-refractivity contribution in [2.45, 2.75) is 39.2 Å². The van der Waals surface area contributed by atoms with Crippen LogP contribution in [0, 0.1) is 6.92 Å². The van der Waals surface area contributed by atoms with Gasteiger partial charge in [0.25, 0.3) is 5.91 Å². The summed E-state index contributed by atoms with van der Waals surface area (Å²) in [5, 5.41) is 2.69. The Hall–Kier alpha value is -3.15. The molecule has 29 heavy (non-hydrogen) atoms. The summed E-state index contributed by atoms with van der Waals surface area (Å²) in [6, 6.07) is 14.2. The van der Waals surface area contributed by atoms with Crippen LogP contribution in [0.25, 0.3) is 0 Å². The number of likely N-dealkylation sites (tertiary alicyclic amines) is 1. The summed E-state index contributed by atoms with van der Waals surface area (Å²) in [6.07, 6.45) is 1.98. The van der Waals surface area contributed by atoms with Gasteiger partial charge in [0.15, 0.2) is 0 Å². The molecule has 0 radical (unpaired) electrons. The van der Waals surface area contributed by atoms with Gasteiger partial charge < -0.3 is 15.0 Å². The number of benzene rings is 2. The van der Waals surface area contributed by atoms with E-state index < -0.39 is 12.1 Å². The van der Waals surface area contributed by atoms with Crippen molar-refractivity contribution in [1.29, 1.82) is 0 Å². The van der Waals surface area contributed by atoms with E-state index in [9.17, 15) is 14.4 Å².